The highest BCUT2D eigenvalue weighted by Crippen LogP contribution is 2.27. The molecule has 0 atom stereocenters. The lowest BCUT2D eigenvalue weighted by Gasteiger charge is -2.26. The van der Waals surface area contributed by atoms with Gasteiger partial charge in [-0.25, -0.2) is 8.42 Å². The summed E-state index contributed by atoms with van der Waals surface area (Å²) in [6, 6.07) is 11.0. The Labute approximate surface area is 200 Å². The van der Waals surface area contributed by atoms with Crippen molar-refractivity contribution < 1.29 is 22.8 Å². The van der Waals surface area contributed by atoms with E-state index in [-0.39, 0.29) is 23.9 Å². The Morgan fingerprint density at radius 1 is 1.18 bits per heavy atom. The van der Waals surface area contributed by atoms with Crippen molar-refractivity contribution >= 4 is 54.6 Å². The number of rotatable bonds is 5. The zero-order valence-corrected chi connectivity index (χ0v) is 20.0. The highest BCUT2D eigenvalue weighted by Gasteiger charge is 2.21. The Morgan fingerprint density at radius 3 is 2.79 bits per heavy atom. The van der Waals surface area contributed by atoms with Gasteiger partial charge in [0.25, 0.3) is 0 Å². The Morgan fingerprint density at radius 2 is 2.00 bits per heavy atom. The van der Waals surface area contributed by atoms with Crippen molar-refractivity contribution in [1.82, 2.24) is 9.88 Å². The number of ether oxygens (including phenoxy) is 1. The van der Waals surface area contributed by atoms with Crippen LogP contribution in [-0.4, -0.2) is 61.3 Å². The first-order valence-electron chi connectivity index (χ1n) is 10.2. The number of nitrogens with zero attached hydrogens (tertiary/aromatic N) is 3. The number of hydrogen-bond acceptors (Lipinski definition) is 9. The fourth-order valence-electron chi connectivity index (χ4n) is 3.70. The maximum atomic E-state index is 11.5. The highest BCUT2D eigenvalue weighted by atomic mass is 35.5. The van der Waals surface area contributed by atoms with Gasteiger partial charge < -0.3 is 14.4 Å². The van der Waals surface area contributed by atoms with Crippen LogP contribution in [0.4, 0.5) is 0 Å². The normalized spacial score (nSPS) is 16.7. The van der Waals surface area contributed by atoms with E-state index in [4.69, 9.17) is 9.15 Å². The number of hydrogen-bond donors (Lipinski definition) is 1. The van der Waals surface area contributed by atoms with Gasteiger partial charge in [0.05, 0.1) is 16.9 Å². The van der Waals surface area contributed by atoms with E-state index in [1.54, 1.807) is 41.8 Å². The molecule has 0 amide bonds. The number of halogens is 1. The molecular formula is C22H22ClN3O5S2. The molecule has 8 nitrogen and oxygen atoms in total. The third-order valence-corrected chi connectivity index (χ3v) is 8.01. The summed E-state index contributed by atoms with van der Waals surface area (Å²) in [5.41, 5.74) is 1.22. The van der Waals surface area contributed by atoms with E-state index in [1.807, 2.05) is 17.5 Å². The molecule has 1 aromatic carbocycles. The number of aromatic nitrogens is 1. The first kappa shape index (κ1) is 23.5. The van der Waals surface area contributed by atoms with Gasteiger partial charge in [0.15, 0.2) is 15.6 Å². The molecule has 1 saturated heterocycles. The molecule has 1 aliphatic heterocycles. The number of benzene rings is 1. The Hall–Kier alpha value is -2.66. The second kappa shape index (κ2) is 9.68. The lowest BCUT2D eigenvalue weighted by atomic mass is 10.1. The van der Waals surface area contributed by atoms with Crippen LogP contribution in [0.15, 0.2) is 57.5 Å². The standard InChI is InChI=1S/C22H21N3O5S2.ClH/c26-24-18-12-21(19-13-22-15(14-23-19)3-8-31-22)30-20-2-1-16(11-17(18)20)29-7-4-25-5-9-32(27,28)10-6-25;/h1-3,8,11-14,26H,4-7,9-10H2;1H. The summed E-state index contributed by atoms with van der Waals surface area (Å²) in [4.78, 5) is 6.54. The Bertz CT molecular complexity index is 1450. The molecule has 0 radical (unpaired) electrons. The molecule has 174 valence electrons. The van der Waals surface area contributed by atoms with Crippen molar-refractivity contribution in [2.24, 2.45) is 5.16 Å². The fourth-order valence-corrected chi connectivity index (χ4v) is 5.78. The summed E-state index contributed by atoms with van der Waals surface area (Å²) in [5.74, 6) is 1.52. The SMILES string of the molecule is Cl.O=S1(=O)CCN(CCOc2ccc3oc(-c4cc5sccc5cn4)cc(=NO)c3c2)CC1. The van der Waals surface area contributed by atoms with Crippen LogP contribution in [0.5, 0.6) is 5.75 Å². The second-order valence-electron chi connectivity index (χ2n) is 7.62. The Kier molecular flexibility index (Phi) is 6.89. The van der Waals surface area contributed by atoms with E-state index < -0.39 is 9.84 Å². The summed E-state index contributed by atoms with van der Waals surface area (Å²) >= 11 is 1.63. The molecule has 33 heavy (non-hydrogen) atoms. The van der Waals surface area contributed by atoms with Gasteiger partial charge in [-0.15, -0.1) is 23.7 Å². The summed E-state index contributed by atoms with van der Waals surface area (Å²) in [7, 11) is -2.89. The van der Waals surface area contributed by atoms with Crippen molar-refractivity contribution in [2.75, 3.05) is 37.7 Å². The molecule has 11 heteroatoms. The van der Waals surface area contributed by atoms with Gasteiger partial charge in [-0.3, -0.25) is 9.88 Å². The van der Waals surface area contributed by atoms with Gasteiger partial charge in [-0.2, -0.15) is 0 Å². The highest BCUT2D eigenvalue weighted by molar-refractivity contribution is 7.91. The molecule has 4 aromatic rings. The smallest absolute Gasteiger partial charge is 0.155 e. The predicted molar refractivity (Wildman–Crippen MR) is 130 cm³/mol. The zero-order valence-electron chi connectivity index (χ0n) is 17.5. The molecular weight excluding hydrogens is 486 g/mol. The molecule has 4 heterocycles. The monoisotopic (exact) mass is 507 g/mol. The Balaban J connectivity index is 0.00000259. The molecule has 0 aliphatic carbocycles. The van der Waals surface area contributed by atoms with Gasteiger partial charge in [0.1, 0.15) is 29.0 Å². The molecule has 1 fully saturated rings. The van der Waals surface area contributed by atoms with Crippen LogP contribution in [0.1, 0.15) is 0 Å². The van der Waals surface area contributed by atoms with Gasteiger partial charge in [-0.1, -0.05) is 5.16 Å². The van der Waals surface area contributed by atoms with Crippen LogP contribution in [0.3, 0.4) is 0 Å². The number of pyridine rings is 1. The maximum absolute atomic E-state index is 11.5. The van der Waals surface area contributed by atoms with E-state index in [0.717, 1.165) is 10.1 Å². The van der Waals surface area contributed by atoms with Crippen molar-refractivity contribution in [3.8, 4) is 17.2 Å². The summed E-state index contributed by atoms with van der Waals surface area (Å²) < 4.78 is 36.1. The number of fused-ring (bicyclic) bond motifs is 2. The minimum absolute atomic E-state index is 0. The van der Waals surface area contributed by atoms with Crippen LogP contribution in [0.2, 0.25) is 0 Å². The van der Waals surface area contributed by atoms with E-state index in [0.29, 0.717) is 59.8 Å². The lowest BCUT2D eigenvalue weighted by Crippen LogP contribution is -2.42. The molecule has 5 rings (SSSR count). The zero-order chi connectivity index (χ0) is 22.1. The largest absolute Gasteiger partial charge is 0.492 e. The average molecular weight is 508 g/mol. The van der Waals surface area contributed by atoms with Crippen molar-refractivity contribution in [3.63, 3.8) is 0 Å². The summed E-state index contributed by atoms with van der Waals surface area (Å²) in [5, 5.41) is 17.1. The fraction of sp³-hybridized carbons (Fsp3) is 0.273. The van der Waals surface area contributed by atoms with Crippen LogP contribution in [-0.2, 0) is 9.84 Å². The minimum atomic E-state index is -2.89. The molecule has 0 saturated carbocycles. The molecule has 1 aliphatic rings. The third-order valence-electron chi connectivity index (χ3n) is 5.53. The molecule has 0 spiro atoms. The van der Waals surface area contributed by atoms with Crippen molar-refractivity contribution in [2.45, 2.75) is 0 Å². The molecule has 3 aromatic heterocycles. The van der Waals surface area contributed by atoms with E-state index >= 15 is 0 Å². The van der Waals surface area contributed by atoms with Gasteiger partial charge >= 0.3 is 0 Å². The minimum Gasteiger partial charge on any atom is -0.492 e. The first-order valence-corrected chi connectivity index (χ1v) is 12.9. The first-order chi connectivity index (χ1) is 15.5. The van der Waals surface area contributed by atoms with E-state index in [9.17, 15) is 13.6 Å². The molecule has 1 N–H and O–H groups in total. The third kappa shape index (κ3) is 5.14. The molecule has 0 unspecified atom stereocenters. The number of sulfone groups is 1. The summed E-state index contributed by atoms with van der Waals surface area (Å²) in [6.07, 6.45) is 1.80. The van der Waals surface area contributed by atoms with Crippen molar-refractivity contribution in [1.29, 1.82) is 0 Å². The van der Waals surface area contributed by atoms with E-state index in [2.05, 4.69) is 15.0 Å². The lowest BCUT2D eigenvalue weighted by molar-refractivity contribution is 0.219. The van der Waals surface area contributed by atoms with Crippen molar-refractivity contribution in [3.05, 3.63) is 53.3 Å². The number of thiophene rings is 1. The van der Waals surface area contributed by atoms with Crippen LogP contribution in [0, 0.1) is 0 Å². The topological polar surface area (TPSA) is 105 Å². The second-order valence-corrected chi connectivity index (χ2v) is 10.9. The maximum Gasteiger partial charge on any atom is 0.155 e. The van der Waals surface area contributed by atoms with Crippen LogP contribution >= 0.6 is 23.7 Å². The average Bonchev–Trinajstić information content (AvgIpc) is 3.27. The van der Waals surface area contributed by atoms with Gasteiger partial charge in [0.2, 0.25) is 0 Å². The summed E-state index contributed by atoms with van der Waals surface area (Å²) in [6.45, 7) is 2.13. The van der Waals surface area contributed by atoms with Crippen LogP contribution in [0.25, 0.3) is 32.5 Å². The predicted octanol–water partition coefficient (Wildman–Crippen LogP) is 3.53. The van der Waals surface area contributed by atoms with Crippen LogP contribution < -0.4 is 10.1 Å². The van der Waals surface area contributed by atoms with Gasteiger partial charge in [0, 0.05) is 42.0 Å². The van der Waals surface area contributed by atoms with Gasteiger partial charge in [-0.05, 0) is 35.7 Å². The quantitative estimate of drug-likeness (QED) is 0.325. The molecule has 0 bridgehead atoms. The van der Waals surface area contributed by atoms with E-state index in [1.165, 1.54) is 0 Å².